The molecule has 2 aromatic rings. The van der Waals surface area contributed by atoms with Crippen LogP contribution in [0.25, 0.3) is 0 Å². The summed E-state index contributed by atoms with van der Waals surface area (Å²) in [5, 5.41) is 7.14. The van der Waals surface area contributed by atoms with Crippen LogP contribution in [0.1, 0.15) is 49.2 Å². The Hall–Kier alpha value is -1.66. The van der Waals surface area contributed by atoms with Crippen LogP contribution in [0.15, 0.2) is 21.1 Å². The minimum absolute atomic E-state index is 0.0869. The number of ether oxygens (including phenoxy) is 1. The molecule has 1 N–H and O–H groups in total. The molecule has 0 saturated carbocycles. The second-order valence-corrected chi connectivity index (χ2v) is 4.48. The molecule has 6 nitrogen and oxygen atoms in total. The van der Waals surface area contributed by atoms with Gasteiger partial charge in [-0.1, -0.05) is 5.16 Å². The van der Waals surface area contributed by atoms with E-state index in [4.69, 9.17) is 13.7 Å². The van der Waals surface area contributed by atoms with Gasteiger partial charge in [0.15, 0.2) is 5.82 Å². The van der Waals surface area contributed by atoms with Crippen molar-refractivity contribution >= 4 is 0 Å². The van der Waals surface area contributed by atoms with Crippen molar-refractivity contribution < 1.29 is 13.7 Å². The Balaban J connectivity index is 1.90. The lowest BCUT2D eigenvalue weighted by molar-refractivity contribution is 0.109. The van der Waals surface area contributed by atoms with Crippen molar-refractivity contribution in [3.05, 3.63) is 35.4 Å². The molecule has 6 heteroatoms. The van der Waals surface area contributed by atoms with Crippen molar-refractivity contribution in [2.45, 2.75) is 39.5 Å². The van der Waals surface area contributed by atoms with Gasteiger partial charge in [0, 0.05) is 7.11 Å². The lowest BCUT2D eigenvalue weighted by Gasteiger charge is -2.08. The summed E-state index contributed by atoms with van der Waals surface area (Å²) in [6, 6.07) is 3.99. The Morgan fingerprint density at radius 2 is 2.16 bits per heavy atom. The lowest BCUT2D eigenvalue weighted by Crippen LogP contribution is -2.17. The van der Waals surface area contributed by atoms with Crippen LogP contribution in [0.3, 0.4) is 0 Å². The van der Waals surface area contributed by atoms with Gasteiger partial charge in [-0.3, -0.25) is 5.32 Å². The van der Waals surface area contributed by atoms with Gasteiger partial charge < -0.3 is 13.7 Å². The van der Waals surface area contributed by atoms with E-state index < -0.39 is 0 Å². The second-order valence-electron chi connectivity index (χ2n) is 4.48. The highest BCUT2D eigenvalue weighted by Gasteiger charge is 2.14. The normalized spacial score (nSPS) is 14.5. The zero-order valence-electron chi connectivity index (χ0n) is 11.6. The van der Waals surface area contributed by atoms with Gasteiger partial charge >= 0.3 is 0 Å². The largest absolute Gasteiger partial charge is 0.465 e. The molecule has 0 aliphatic rings. The Kier molecular flexibility index (Phi) is 4.34. The number of nitrogens with one attached hydrogen (secondary N) is 1. The van der Waals surface area contributed by atoms with Gasteiger partial charge in [-0.05, 0) is 32.9 Å². The number of aromatic nitrogens is 2. The van der Waals surface area contributed by atoms with Crippen LogP contribution in [0.2, 0.25) is 0 Å². The van der Waals surface area contributed by atoms with E-state index in [2.05, 4.69) is 15.5 Å². The average molecular weight is 265 g/mol. The first kappa shape index (κ1) is 13.8. The fraction of sp³-hybridized carbons (Fsp3) is 0.538. The SMILES string of the molecule is COC(C)c1noc(CNC(C)c2ccc(C)o2)n1. The minimum Gasteiger partial charge on any atom is -0.465 e. The standard InChI is InChI=1S/C13H19N3O3/c1-8-5-6-11(18-8)9(2)14-7-12-15-13(16-19-12)10(3)17-4/h5-6,9-10,14H,7H2,1-4H3. The molecule has 0 radical (unpaired) electrons. The highest BCUT2D eigenvalue weighted by Crippen LogP contribution is 2.16. The summed E-state index contributed by atoms with van der Waals surface area (Å²) >= 11 is 0. The maximum absolute atomic E-state index is 5.55. The molecular formula is C13H19N3O3. The number of rotatable bonds is 6. The van der Waals surface area contributed by atoms with Gasteiger partial charge in [0.25, 0.3) is 0 Å². The van der Waals surface area contributed by atoms with Crippen molar-refractivity contribution in [2.75, 3.05) is 7.11 Å². The van der Waals surface area contributed by atoms with E-state index in [0.717, 1.165) is 11.5 Å². The summed E-state index contributed by atoms with van der Waals surface area (Å²) in [6.45, 7) is 6.31. The van der Waals surface area contributed by atoms with Gasteiger partial charge in [0.2, 0.25) is 5.89 Å². The van der Waals surface area contributed by atoms with E-state index in [9.17, 15) is 0 Å². The van der Waals surface area contributed by atoms with Crippen molar-refractivity contribution in [1.29, 1.82) is 0 Å². The van der Waals surface area contributed by atoms with Gasteiger partial charge in [-0.25, -0.2) is 0 Å². The summed E-state index contributed by atoms with van der Waals surface area (Å²) in [5.41, 5.74) is 0. The molecule has 0 saturated heterocycles. The number of hydrogen-bond acceptors (Lipinski definition) is 6. The summed E-state index contributed by atoms with van der Waals surface area (Å²) in [7, 11) is 1.61. The predicted molar refractivity (Wildman–Crippen MR) is 68.4 cm³/mol. The Morgan fingerprint density at radius 1 is 1.37 bits per heavy atom. The molecule has 0 fully saturated rings. The van der Waals surface area contributed by atoms with Crippen LogP contribution in [-0.2, 0) is 11.3 Å². The summed E-state index contributed by atoms with van der Waals surface area (Å²) in [5.74, 6) is 2.88. The van der Waals surface area contributed by atoms with Gasteiger partial charge in [-0.15, -0.1) is 0 Å². The fourth-order valence-corrected chi connectivity index (χ4v) is 1.64. The molecule has 2 rings (SSSR count). The van der Waals surface area contributed by atoms with Gasteiger partial charge in [-0.2, -0.15) is 4.98 Å². The molecular weight excluding hydrogens is 246 g/mol. The van der Waals surface area contributed by atoms with Crippen molar-refractivity contribution in [3.8, 4) is 0 Å². The molecule has 0 aromatic carbocycles. The number of hydrogen-bond donors (Lipinski definition) is 1. The van der Waals surface area contributed by atoms with Crippen LogP contribution in [0.4, 0.5) is 0 Å². The number of nitrogens with zero attached hydrogens (tertiary/aromatic N) is 2. The highest BCUT2D eigenvalue weighted by molar-refractivity contribution is 5.08. The van der Waals surface area contributed by atoms with E-state index in [-0.39, 0.29) is 12.1 Å². The molecule has 2 aromatic heterocycles. The molecule has 2 unspecified atom stereocenters. The van der Waals surface area contributed by atoms with E-state index in [1.54, 1.807) is 7.11 Å². The Labute approximate surface area is 112 Å². The number of aryl methyl sites for hydroxylation is 1. The van der Waals surface area contributed by atoms with Crippen LogP contribution < -0.4 is 5.32 Å². The maximum atomic E-state index is 5.55. The molecule has 2 heterocycles. The third kappa shape index (κ3) is 3.42. The van der Waals surface area contributed by atoms with Crippen molar-refractivity contribution in [2.24, 2.45) is 0 Å². The van der Waals surface area contributed by atoms with Gasteiger partial charge in [0.1, 0.15) is 17.6 Å². The van der Waals surface area contributed by atoms with Crippen molar-refractivity contribution in [3.63, 3.8) is 0 Å². The Bertz CT molecular complexity index is 521. The highest BCUT2D eigenvalue weighted by atomic mass is 16.5. The van der Waals surface area contributed by atoms with E-state index in [1.807, 2.05) is 32.9 Å². The zero-order chi connectivity index (χ0) is 13.8. The minimum atomic E-state index is -0.164. The van der Waals surface area contributed by atoms with Crippen LogP contribution in [-0.4, -0.2) is 17.3 Å². The molecule has 104 valence electrons. The summed E-state index contributed by atoms with van der Waals surface area (Å²) in [6.07, 6.45) is -0.164. The monoisotopic (exact) mass is 265 g/mol. The van der Waals surface area contributed by atoms with Gasteiger partial charge in [0.05, 0.1) is 12.6 Å². The van der Waals surface area contributed by atoms with E-state index >= 15 is 0 Å². The third-order valence-corrected chi connectivity index (χ3v) is 2.95. The van der Waals surface area contributed by atoms with Crippen LogP contribution >= 0.6 is 0 Å². The molecule has 2 atom stereocenters. The molecule has 19 heavy (non-hydrogen) atoms. The molecule has 0 aliphatic heterocycles. The molecule has 0 aliphatic carbocycles. The summed E-state index contributed by atoms with van der Waals surface area (Å²) in [4.78, 5) is 4.26. The van der Waals surface area contributed by atoms with Crippen LogP contribution in [0, 0.1) is 6.92 Å². The molecule has 0 amide bonds. The summed E-state index contributed by atoms with van der Waals surface area (Å²) < 4.78 is 15.8. The molecule has 0 spiro atoms. The van der Waals surface area contributed by atoms with Crippen LogP contribution in [0.5, 0.6) is 0 Å². The fourth-order valence-electron chi connectivity index (χ4n) is 1.64. The molecule has 0 bridgehead atoms. The quantitative estimate of drug-likeness (QED) is 0.865. The van der Waals surface area contributed by atoms with E-state index in [0.29, 0.717) is 18.3 Å². The first-order chi connectivity index (χ1) is 9.10. The number of methoxy groups -OCH3 is 1. The Morgan fingerprint density at radius 3 is 2.79 bits per heavy atom. The van der Waals surface area contributed by atoms with Crippen molar-refractivity contribution in [1.82, 2.24) is 15.5 Å². The zero-order valence-corrected chi connectivity index (χ0v) is 11.6. The first-order valence-electron chi connectivity index (χ1n) is 6.25. The average Bonchev–Trinajstić information content (AvgIpc) is 3.04. The van der Waals surface area contributed by atoms with E-state index in [1.165, 1.54) is 0 Å². The maximum Gasteiger partial charge on any atom is 0.240 e. The smallest absolute Gasteiger partial charge is 0.240 e. The topological polar surface area (TPSA) is 73.3 Å². The second kappa shape index (κ2) is 5.99. The first-order valence-corrected chi connectivity index (χ1v) is 6.25. The third-order valence-electron chi connectivity index (χ3n) is 2.95. The number of furan rings is 1. The lowest BCUT2D eigenvalue weighted by atomic mass is 10.2. The predicted octanol–water partition coefficient (Wildman–Crippen LogP) is 2.53.